The maximum atomic E-state index is 12.1. The zero-order chi connectivity index (χ0) is 16.6. The fourth-order valence-electron chi connectivity index (χ4n) is 7.02. The summed E-state index contributed by atoms with van der Waals surface area (Å²) in [6, 6.07) is 1.63. The van der Waals surface area contributed by atoms with E-state index in [2.05, 4.69) is 11.9 Å². The molecule has 0 aromatic carbocycles. The van der Waals surface area contributed by atoms with Crippen molar-refractivity contribution >= 4 is 0 Å². The molecule has 2 unspecified atom stereocenters. The van der Waals surface area contributed by atoms with Crippen LogP contribution in [-0.2, 0) is 0 Å². The molecule has 2 heteroatoms. The lowest BCUT2D eigenvalue weighted by atomic mass is 9.62. The summed E-state index contributed by atoms with van der Waals surface area (Å²) in [5.41, 5.74) is -0.332. The van der Waals surface area contributed by atoms with Crippen LogP contribution in [0.15, 0.2) is 0 Å². The van der Waals surface area contributed by atoms with Gasteiger partial charge in [-0.1, -0.05) is 38.5 Å². The largest absolute Gasteiger partial charge is 0.389 e. The van der Waals surface area contributed by atoms with Gasteiger partial charge in [0, 0.05) is 12.1 Å². The van der Waals surface area contributed by atoms with Crippen molar-refractivity contribution in [3.63, 3.8) is 0 Å². The highest BCUT2D eigenvalue weighted by Gasteiger charge is 2.47. The predicted octanol–water partition coefficient (Wildman–Crippen LogP) is 5.14. The molecule has 4 rings (SSSR count). The molecule has 0 aromatic rings. The van der Waals surface area contributed by atoms with Crippen LogP contribution in [0.25, 0.3) is 0 Å². The van der Waals surface area contributed by atoms with Gasteiger partial charge in [-0.2, -0.15) is 0 Å². The molecular formula is C22H39NO. The fraction of sp³-hybridized carbons (Fsp3) is 1.00. The zero-order valence-corrected chi connectivity index (χ0v) is 15.9. The fourth-order valence-corrected chi connectivity index (χ4v) is 7.02. The van der Waals surface area contributed by atoms with Gasteiger partial charge in [-0.3, -0.25) is 0 Å². The highest BCUT2D eigenvalue weighted by atomic mass is 16.3. The Hall–Kier alpha value is -0.0800. The maximum absolute atomic E-state index is 12.1. The lowest BCUT2D eigenvalue weighted by Gasteiger charge is -2.49. The number of nitrogens with zero attached hydrogens (tertiary/aromatic N) is 1. The quantitative estimate of drug-likeness (QED) is 0.770. The van der Waals surface area contributed by atoms with Gasteiger partial charge >= 0.3 is 0 Å². The standard InChI is InChI=1S/C22H39NO/c1-23-20-12-13-21(23)15-17(14-20)16-22(24,18-8-4-2-5-9-18)19-10-6-3-7-11-19/h17-21,24H,2-16H2,1H3. The first-order valence-corrected chi connectivity index (χ1v) is 11.1. The monoisotopic (exact) mass is 333 g/mol. The van der Waals surface area contributed by atoms with Crippen LogP contribution in [0.2, 0.25) is 0 Å². The molecule has 2 saturated carbocycles. The zero-order valence-electron chi connectivity index (χ0n) is 15.9. The molecule has 4 aliphatic rings. The molecule has 138 valence electrons. The molecule has 2 nitrogen and oxygen atoms in total. The van der Waals surface area contributed by atoms with Crippen molar-refractivity contribution < 1.29 is 5.11 Å². The molecule has 2 saturated heterocycles. The van der Waals surface area contributed by atoms with Crippen molar-refractivity contribution in [3.8, 4) is 0 Å². The summed E-state index contributed by atoms with van der Waals surface area (Å²) in [5.74, 6) is 1.99. The Labute approximate surface area is 149 Å². The Morgan fingerprint density at radius 1 is 0.750 bits per heavy atom. The molecule has 2 bridgehead atoms. The van der Waals surface area contributed by atoms with Crippen LogP contribution < -0.4 is 0 Å². The molecular weight excluding hydrogens is 294 g/mol. The van der Waals surface area contributed by atoms with Gasteiger partial charge in [-0.05, 0) is 82.6 Å². The third-order valence-electron chi connectivity index (χ3n) is 8.44. The van der Waals surface area contributed by atoms with Crippen molar-refractivity contribution in [1.82, 2.24) is 4.90 Å². The molecule has 2 aliphatic heterocycles. The van der Waals surface area contributed by atoms with Gasteiger partial charge in [0.05, 0.1) is 5.60 Å². The number of hydrogen-bond acceptors (Lipinski definition) is 2. The van der Waals surface area contributed by atoms with Crippen molar-refractivity contribution in [1.29, 1.82) is 0 Å². The molecule has 0 spiro atoms. The first kappa shape index (κ1) is 17.3. The molecule has 2 atom stereocenters. The third kappa shape index (κ3) is 3.30. The Kier molecular flexibility index (Phi) is 5.25. The number of rotatable bonds is 4. The minimum absolute atomic E-state index is 0.332. The molecule has 24 heavy (non-hydrogen) atoms. The second-order valence-corrected chi connectivity index (χ2v) is 9.75. The van der Waals surface area contributed by atoms with Gasteiger partial charge in [0.2, 0.25) is 0 Å². The average molecular weight is 334 g/mol. The summed E-state index contributed by atoms with van der Waals surface area (Å²) < 4.78 is 0. The third-order valence-corrected chi connectivity index (χ3v) is 8.44. The van der Waals surface area contributed by atoms with Gasteiger partial charge in [-0.25, -0.2) is 0 Å². The summed E-state index contributed by atoms with van der Waals surface area (Å²) >= 11 is 0. The first-order valence-electron chi connectivity index (χ1n) is 11.1. The topological polar surface area (TPSA) is 23.5 Å². The Balaban J connectivity index is 1.49. The summed E-state index contributed by atoms with van der Waals surface area (Å²) in [6.07, 6.45) is 20.1. The van der Waals surface area contributed by atoms with E-state index in [4.69, 9.17) is 0 Å². The Bertz CT molecular complexity index is 378. The molecule has 1 N–H and O–H groups in total. The van der Waals surface area contributed by atoms with E-state index in [1.54, 1.807) is 0 Å². The van der Waals surface area contributed by atoms with Crippen molar-refractivity contribution in [2.45, 2.75) is 114 Å². The van der Waals surface area contributed by atoms with Crippen molar-refractivity contribution in [2.24, 2.45) is 17.8 Å². The molecule has 4 fully saturated rings. The van der Waals surface area contributed by atoms with Gasteiger partial charge in [-0.15, -0.1) is 0 Å². The highest BCUT2D eigenvalue weighted by Crippen LogP contribution is 2.49. The molecule has 0 radical (unpaired) electrons. The summed E-state index contributed by atoms with van der Waals surface area (Å²) in [4.78, 5) is 2.65. The van der Waals surface area contributed by atoms with Gasteiger partial charge in [0.15, 0.2) is 0 Å². The van der Waals surface area contributed by atoms with Crippen LogP contribution in [-0.4, -0.2) is 34.7 Å². The van der Waals surface area contributed by atoms with E-state index in [1.165, 1.54) is 89.9 Å². The minimum Gasteiger partial charge on any atom is -0.389 e. The van der Waals surface area contributed by atoms with Crippen LogP contribution in [0.3, 0.4) is 0 Å². The van der Waals surface area contributed by atoms with Gasteiger partial charge < -0.3 is 10.0 Å². The smallest absolute Gasteiger partial charge is 0.0706 e. The molecule has 2 aliphatic carbocycles. The SMILES string of the molecule is CN1C2CCC1CC(CC(O)(C1CCCCC1)C1CCCCC1)C2. The average Bonchev–Trinajstić information content (AvgIpc) is 2.84. The summed E-state index contributed by atoms with van der Waals surface area (Å²) in [5, 5.41) is 12.1. The van der Waals surface area contributed by atoms with Crippen LogP contribution in [0.5, 0.6) is 0 Å². The van der Waals surface area contributed by atoms with Crippen LogP contribution in [0, 0.1) is 17.8 Å². The highest BCUT2D eigenvalue weighted by molar-refractivity contribution is 5.00. The van der Waals surface area contributed by atoms with Crippen LogP contribution in [0.1, 0.15) is 96.3 Å². The number of aliphatic hydroxyl groups is 1. The van der Waals surface area contributed by atoms with Crippen LogP contribution >= 0.6 is 0 Å². The normalized spacial score (nSPS) is 37.0. The number of piperidine rings is 1. The van der Waals surface area contributed by atoms with E-state index in [0.29, 0.717) is 11.8 Å². The van der Waals surface area contributed by atoms with E-state index in [-0.39, 0.29) is 5.60 Å². The van der Waals surface area contributed by atoms with E-state index >= 15 is 0 Å². The first-order chi connectivity index (χ1) is 11.7. The maximum Gasteiger partial charge on any atom is 0.0706 e. The summed E-state index contributed by atoms with van der Waals surface area (Å²) in [6.45, 7) is 0. The summed E-state index contributed by atoms with van der Waals surface area (Å²) in [7, 11) is 2.34. The predicted molar refractivity (Wildman–Crippen MR) is 100 cm³/mol. The number of fused-ring (bicyclic) bond motifs is 2. The van der Waals surface area contributed by atoms with Crippen LogP contribution in [0.4, 0.5) is 0 Å². The van der Waals surface area contributed by atoms with E-state index in [1.807, 2.05) is 0 Å². The second-order valence-electron chi connectivity index (χ2n) is 9.75. The van der Waals surface area contributed by atoms with Gasteiger partial charge in [0.25, 0.3) is 0 Å². The Morgan fingerprint density at radius 3 is 1.67 bits per heavy atom. The van der Waals surface area contributed by atoms with Crippen molar-refractivity contribution in [2.75, 3.05) is 7.05 Å². The second kappa shape index (κ2) is 7.27. The van der Waals surface area contributed by atoms with Crippen molar-refractivity contribution in [3.05, 3.63) is 0 Å². The Morgan fingerprint density at radius 2 is 1.21 bits per heavy atom. The minimum atomic E-state index is -0.332. The molecule has 0 amide bonds. The lowest BCUT2D eigenvalue weighted by Crippen LogP contribution is -2.50. The van der Waals surface area contributed by atoms with Gasteiger partial charge in [0.1, 0.15) is 0 Å². The molecule has 0 aromatic heterocycles. The lowest BCUT2D eigenvalue weighted by molar-refractivity contribution is -0.113. The van der Waals surface area contributed by atoms with E-state index in [0.717, 1.165) is 24.4 Å². The molecule has 2 heterocycles. The van der Waals surface area contributed by atoms with E-state index in [9.17, 15) is 5.11 Å². The van der Waals surface area contributed by atoms with E-state index < -0.39 is 0 Å². The number of hydrogen-bond donors (Lipinski definition) is 1.